The van der Waals surface area contributed by atoms with E-state index in [0.717, 1.165) is 32.2 Å². The molecular formula is C13H24N2OS. The number of carbonyl (C=O) groups excluding carboxylic acids is 1. The fourth-order valence-electron chi connectivity index (χ4n) is 2.82. The molecule has 0 radical (unpaired) electrons. The highest BCUT2D eigenvalue weighted by Gasteiger charge is 2.41. The lowest BCUT2D eigenvalue weighted by atomic mass is 9.82. The van der Waals surface area contributed by atoms with Crippen LogP contribution in [0.15, 0.2) is 0 Å². The smallest absolute Gasteiger partial charge is 0.229 e. The lowest BCUT2D eigenvalue weighted by Crippen LogP contribution is -2.46. The van der Waals surface area contributed by atoms with Crippen LogP contribution in [0.3, 0.4) is 0 Å². The fraction of sp³-hybridized carbons (Fsp3) is 0.846. The van der Waals surface area contributed by atoms with Gasteiger partial charge < -0.3 is 10.6 Å². The van der Waals surface area contributed by atoms with Gasteiger partial charge in [0.1, 0.15) is 0 Å². The first-order valence-corrected chi connectivity index (χ1v) is 7.04. The summed E-state index contributed by atoms with van der Waals surface area (Å²) in [5, 5.41) is 0. The fourth-order valence-corrected chi connectivity index (χ4v) is 2.97. The van der Waals surface area contributed by atoms with Crippen molar-refractivity contribution in [3.05, 3.63) is 0 Å². The van der Waals surface area contributed by atoms with E-state index >= 15 is 0 Å². The van der Waals surface area contributed by atoms with E-state index in [-0.39, 0.29) is 11.3 Å². The Kier molecular flexibility index (Phi) is 5.37. The maximum absolute atomic E-state index is 12.6. The minimum atomic E-state index is -0.125. The van der Waals surface area contributed by atoms with Gasteiger partial charge in [-0.05, 0) is 25.7 Å². The van der Waals surface area contributed by atoms with Gasteiger partial charge in [-0.15, -0.1) is 0 Å². The lowest BCUT2D eigenvalue weighted by Gasteiger charge is -2.33. The Morgan fingerprint density at radius 3 is 2.35 bits per heavy atom. The standard InChI is InChI=1S/C13H24N2OS/c1-3-9-15(10-11(14)17)12(16)13(4-2)7-5-6-8-13/h3-10H2,1-2H3,(H2,14,17). The molecule has 0 aliphatic heterocycles. The zero-order chi connectivity index (χ0) is 12.9. The van der Waals surface area contributed by atoms with Crippen LogP contribution in [0, 0.1) is 5.41 Å². The molecule has 0 unspecified atom stereocenters. The van der Waals surface area contributed by atoms with Gasteiger partial charge in [-0.3, -0.25) is 4.79 Å². The molecule has 1 aliphatic rings. The molecule has 0 aromatic rings. The number of hydrogen-bond donors (Lipinski definition) is 1. The Morgan fingerprint density at radius 1 is 1.35 bits per heavy atom. The third kappa shape index (κ3) is 3.41. The molecule has 0 aromatic carbocycles. The summed E-state index contributed by atoms with van der Waals surface area (Å²) in [4.78, 5) is 14.9. The van der Waals surface area contributed by atoms with E-state index in [2.05, 4.69) is 13.8 Å². The predicted molar refractivity (Wildman–Crippen MR) is 74.8 cm³/mol. The van der Waals surface area contributed by atoms with E-state index in [4.69, 9.17) is 18.0 Å². The summed E-state index contributed by atoms with van der Waals surface area (Å²) in [5.74, 6) is 0.271. The number of carbonyl (C=O) groups is 1. The minimum absolute atomic E-state index is 0.125. The molecule has 1 rings (SSSR count). The third-order valence-electron chi connectivity index (χ3n) is 3.82. The van der Waals surface area contributed by atoms with Gasteiger partial charge in [0.25, 0.3) is 0 Å². The molecule has 0 aromatic heterocycles. The number of nitrogens with two attached hydrogens (primary N) is 1. The monoisotopic (exact) mass is 256 g/mol. The molecule has 98 valence electrons. The van der Waals surface area contributed by atoms with Crippen LogP contribution in [0.5, 0.6) is 0 Å². The first kappa shape index (κ1) is 14.4. The van der Waals surface area contributed by atoms with Gasteiger partial charge in [-0.2, -0.15) is 0 Å². The number of nitrogens with zero attached hydrogens (tertiary/aromatic N) is 1. The van der Waals surface area contributed by atoms with Gasteiger partial charge in [0, 0.05) is 12.0 Å². The van der Waals surface area contributed by atoms with Gasteiger partial charge in [0.2, 0.25) is 5.91 Å². The van der Waals surface area contributed by atoms with Crippen molar-refractivity contribution in [2.45, 2.75) is 52.4 Å². The maximum atomic E-state index is 12.6. The summed E-state index contributed by atoms with van der Waals surface area (Å²) in [6.45, 7) is 5.39. The van der Waals surface area contributed by atoms with Crippen molar-refractivity contribution in [2.75, 3.05) is 13.1 Å². The van der Waals surface area contributed by atoms with Crippen LogP contribution >= 0.6 is 12.2 Å². The first-order valence-electron chi connectivity index (χ1n) is 6.63. The van der Waals surface area contributed by atoms with E-state index in [1.54, 1.807) is 0 Å². The number of thiocarbonyl (C=S) groups is 1. The first-order chi connectivity index (χ1) is 8.05. The van der Waals surface area contributed by atoms with E-state index in [9.17, 15) is 4.79 Å². The zero-order valence-corrected chi connectivity index (χ0v) is 11.8. The average Bonchev–Trinajstić information content (AvgIpc) is 2.76. The summed E-state index contributed by atoms with van der Waals surface area (Å²) in [6, 6.07) is 0. The summed E-state index contributed by atoms with van der Waals surface area (Å²) >= 11 is 4.94. The number of amides is 1. The van der Waals surface area contributed by atoms with E-state index < -0.39 is 0 Å². The van der Waals surface area contributed by atoms with Crippen molar-refractivity contribution >= 4 is 23.1 Å². The summed E-state index contributed by atoms with van der Waals surface area (Å²) < 4.78 is 0. The quantitative estimate of drug-likeness (QED) is 0.743. The second-order valence-electron chi connectivity index (χ2n) is 5.03. The highest BCUT2D eigenvalue weighted by molar-refractivity contribution is 7.80. The Morgan fingerprint density at radius 2 is 1.94 bits per heavy atom. The molecular weight excluding hydrogens is 232 g/mol. The molecule has 0 saturated heterocycles. The van der Waals surface area contributed by atoms with Crippen molar-refractivity contribution in [3.63, 3.8) is 0 Å². The van der Waals surface area contributed by atoms with Crippen LogP contribution in [-0.2, 0) is 4.79 Å². The van der Waals surface area contributed by atoms with Crippen LogP contribution in [-0.4, -0.2) is 28.9 Å². The highest BCUT2D eigenvalue weighted by atomic mass is 32.1. The number of hydrogen-bond acceptors (Lipinski definition) is 2. The Balaban J connectivity index is 2.77. The SMILES string of the molecule is CCCN(CC(N)=S)C(=O)C1(CC)CCCC1. The molecule has 0 bridgehead atoms. The second kappa shape index (κ2) is 6.34. The van der Waals surface area contributed by atoms with E-state index in [0.29, 0.717) is 11.5 Å². The normalized spacial score (nSPS) is 18.0. The second-order valence-corrected chi connectivity index (χ2v) is 5.56. The van der Waals surface area contributed by atoms with Crippen molar-refractivity contribution in [3.8, 4) is 0 Å². The molecule has 1 fully saturated rings. The molecule has 4 heteroatoms. The summed E-state index contributed by atoms with van der Waals surface area (Å²) in [6.07, 6.45) is 6.29. The van der Waals surface area contributed by atoms with Crippen molar-refractivity contribution in [2.24, 2.45) is 11.1 Å². The average molecular weight is 256 g/mol. The molecule has 0 spiro atoms. The molecule has 0 atom stereocenters. The minimum Gasteiger partial charge on any atom is -0.392 e. The predicted octanol–water partition coefficient (Wildman–Crippen LogP) is 2.48. The van der Waals surface area contributed by atoms with Crippen molar-refractivity contribution < 1.29 is 4.79 Å². The Hall–Kier alpha value is -0.640. The molecule has 17 heavy (non-hydrogen) atoms. The summed E-state index contributed by atoms with van der Waals surface area (Å²) in [5.41, 5.74) is 5.46. The molecule has 1 amide bonds. The van der Waals surface area contributed by atoms with Crippen LogP contribution < -0.4 is 5.73 Å². The van der Waals surface area contributed by atoms with Gasteiger partial charge in [-0.25, -0.2) is 0 Å². The van der Waals surface area contributed by atoms with E-state index in [1.807, 2.05) is 4.90 Å². The Labute approximate surface area is 110 Å². The topological polar surface area (TPSA) is 46.3 Å². The largest absolute Gasteiger partial charge is 0.392 e. The van der Waals surface area contributed by atoms with Gasteiger partial charge >= 0.3 is 0 Å². The third-order valence-corrected chi connectivity index (χ3v) is 3.95. The summed E-state index contributed by atoms with van der Waals surface area (Å²) in [7, 11) is 0. The zero-order valence-electron chi connectivity index (χ0n) is 11.0. The van der Waals surface area contributed by atoms with Crippen molar-refractivity contribution in [1.82, 2.24) is 4.90 Å². The van der Waals surface area contributed by atoms with Gasteiger partial charge in [0.05, 0.1) is 11.5 Å². The molecule has 0 heterocycles. The highest BCUT2D eigenvalue weighted by Crippen LogP contribution is 2.42. The van der Waals surface area contributed by atoms with Crippen LogP contribution in [0.2, 0.25) is 0 Å². The van der Waals surface area contributed by atoms with E-state index in [1.165, 1.54) is 12.8 Å². The van der Waals surface area contributed by atoms with Gasteiger partial charge in [0.15, 0.2) is 0 Å². The Bertz CT molecular complexity index is 285. The molecule has 1 saturated carbocycles. The van der Waals surface area contributed by atoms with Crippen LogP contribution in [0.1, 0.15) is 52.4 Å². The molecule has 2 N–H and O–H groups in total. The number of rotatable bonds is 6. The van der Waals surface area contributed by atoms with Crippen LogP contribution in [0.25, 0.3) is 0 Å². The molecule has 3 nitrogen and oxygen atoms in total. The van der Waals surface area contributed by atoms with Crippen molar-refractivity contribution in [1.29, 1.82) is 0 Å². The molecule has 1 aliphatic carbocycles. The lowest BCUT2D eigenvalue weighted by molar-refractivity contribution is -0.141. The van der Waals surface area contributed by atoms with Crippen LogP contribution in [0.4, 0.5) is 0 Å². The van der Waals surface area contributed by atoms with Gasteiger partial charge in [-0.1, -0.05) is 38.9 Å². The maximum Gasteiger partial charge on any atom is 0.229 e.